The molecule has 0 bridgehead atoms. The first-order valence-electron chi connectivity index (χ1n) is 11.0. The maximum Gasteiger partial charge on any atom is 0.263 e. The molecule has 1 N–H and O–H groups in total. The van der Waals surface area contributed by atoms with Crippen molar-refractivity contribution in [3.05, 3.63) is 87.8 Å². The van der Waals surface area contributed by atoms with Crippen molar-refractivity contribution in [2.24, 2.45) is 0 Å². The van der Waals surface area contributed by atoms with E-state index in [-0.39, 0.29) is 29.3 Å². The number of rotatable bonds is 6. The van der Waals surface area contributed by atoms with Gasteiger partial charge in [0, 0.05) is 28.2 Å². The molecule has 0 aliphatic carbocycles. The fourth-order valence-corrected chi connectivity index (χ4v) is 3.84. The molecule has 3 heterocycles. The van der Waals surface area contributed by atoms with E-state index in [1.54, 1.807) is 72.3 Å². The van der Waals surface area contributed by atoms with E-state index in [4.69, 9.17) is 20.9 Å². The number of halogens is 1. The number of pyridine rings is 2. The van der Waals surface area contributed by atoms with Gasteiger partial charge in [-0.15, -0.1) is 0 Å². The quantitative estimate of drug-likeness (QED) is 0.358. The molecular formula is C26H20ClN5O4. The van der Waals surface area contributed by atoms with Crippen LogP contribution in [0.3, 0.4) is 0 Å². The van der Waals surface area contributed by atoms with E-state index in [1.165, 1.54) is 6.20 Å². The molecule has 180 valence electrons. The van der Waals surface area contributed by atoms with Gasteiger partial charge >= 0.3 is 0 Å². The minimum atomic E-state index is -0.322. The van der Waals surface area contributed by atoms with Crippen molar-refractivity contribution < 1.29 is 14.1 Å². The standard InChI is InChI=1S/C26H20ClN5O4/c1-15-3-12-20-23(34)21(26-30-24(31-36-26)16-4-10-19(35-2)11-5-16)13-32(25(20)28-15)14-22(33)29-18-8-6-17(27)7-9-18/h3-13H,14H2,1-2H3,(H,29,33). The number of carbonyl (C=O) groups is 1. The molecule has 0 radical (unpaired) electrons. The van der Waals surface area contributed by atoms with Crippen molar-refractivity contribution in [2.45, 2.75) is 13.5 Å². The number of methoxy groups -OCH3 is 1. The van der Waals surface area contributed by atoms with Gasteiger partial charge in [0.1, 0.15) is 23.5 Å². The fraction of sp³-hybridized carbons (Fsp3) is 0.115. The summed E-state index contributed by atoms with van der Waals surface area (Å²) in [6.07, 6.45) is 1.52. The molecule has 0 unspecified atom stereocenters. The third kappa shape index (κ3) is 4.69. The number of ether oxygens (including phenoxy) is 1. The Labute approximate surface area is 210 Å². The van der Waals surface area contributed by atoms with Crippen LogP contribution in [0.15, 0.2) is 76.2 Å². The number of nitrogens with zero attached hydrogens (tertiary/aromatic N) is 4. The Bertz CT molecular complexity index is 1630. The van der Waals surface area contributed by atoms with Gasteiger partial charge in [-0.2, -0.15) is 4.98 Å². The number of benzene rings is 2. The van der Waals surface area contributed by atoms with Crippen molar-refractivity contribution >= 4 is 34.2 Å². The minimum Gasteiger partial charge on any atom is -0.497 e. The average molecular weight is 502 g/mol. The van der Waals surface area contributed by atoms with Crippen LogP contribution < -0.4 is 15.5 Å². The van der Waals surface area contributed by atoms with Gasteiger partial charge < -0.3 is 19.1 Å². The number of hydrogen-bond acceptors (Lipinski definition) is 7. The highest BCUT2D eigenvalue weighted by molar-refractivity contribution is 6.30. The summed E-state index contributed by atoms with van der Waals surface area (Å²) < 4.78 is 12.2. The van der Waals surface area contributed by atoms with Crippen LogP contribution in [0.1, 0.15) is 5.69 Å². The van der Waals surface area contributed by atoms with E-state index < -0.39 is 0 Å². The smallest absolute Gasteiger partial charge is 0.263 e. The Morgan fingerprint density at radius 1 is 1.06 bits per heavy atom. The Balaban J connectivity index is 1.53. The van der Waals surface area contributed by atoms with Gasteiger partial charge in [0.25, 0.3) is 5.89 Å². The molecule has 0 aliphatic heterocycles. The normalized spacial score (nSPS) is 11.0. The predicted octanol–water partition coefficient (Wildman–Crippen LogP) is 4.72. The zero-order chi connectivity index (χ0) is 25.2. The van der Waals surface area contributed by atoms with Crippen LogP contribution in [0, 0.1) is 6.92 Å². The van der Waals surface area contributed by atoms with Crippen LogP contribution in [0.5, 0.6) is 5.75 Å². The summed E-state index contributed by atoms with van der Waals surface area (Å²) in [6, 6.07) is 17.3. The number of anilines is 1. The molecule has 1 amide bonds. The second-order valence-electron chi connectivity index (χ2n) is 8.03. The van der Waals surface area contributed by atoms with Crippen LogP contribution in [-0.2, 0) is 11.3 Å². The molecule has 2 aromatic carbocycles. The fourth-order valence-electron chi connectivity index (χ4n) is 3.71. The molecule has 9 nitrogen and oxygen atoms in total. The molecule has 0 saturated carbocycles. The number of aryl methyl sites for hydroxylation is 1. The number of nitrogens with one attached hydrogen (secondary N) is 1. The van der Waals surface area contributed by atoms with Crippen LogP contribution in [0.4, 0.5) is 5.69 Å². The van der Waals surface area contributed by atoms with Crippen molar-refractivity contribution in [1.82, 2.24) is 19.7 Å². The van der Waals surface area contributed by atoms with Crippen molar-refractivity contribution in [2.75, 3.05) is 12.4 Å². The lowest BCUT2D eigenvalue weighted by atomic mass is 10.1. The maximum atomic E-state index is 13.3. The van der Waals surface area contributed by atoms with Crippen molar-refractivity contribution in [3.8, 4) is 28.6 Å². The Hall–Kier alpha value is -4.50. The van der Waals surface area contributed by atoms with Crippen LogP contribution >= 0.6 is 11.6 Å². The van der Waals surface area contributed by atoms with E-state index in [9.17, 15) is 9.59 Å². The molecule has 3 aromatic heterocycles. The molecule has 0 aliphatic rings. The van der Waals surface area contributed by atoms with Crippen molar-refractivity contribution in [3.63, 3.8) is 0 Å². The first-order chi connectivity index (χ1) is 17.4. The predicted molar refractivity (Wildman–Crippen MR) is 136 cm³/mol. The second kappa shape index (κ2) is 9.63. The molecule has 0 saturated heterocycles. The molecule has 5 aromatic rings. The second-order valence-corrected chi connectivity index (χ2v) is 8.47. The summed E-state index contributed by atoms with van der Waals surface area (Å²) in [6.45, 7) is 1.72. The lowest BCUT2D eigenvalue weighted by molar-refractivity contribution is -0.116. The molecule has 36 heavy (non-hydrogen) atoms. The van der Waals surface area contributed by atoms with Gasteiger partial charge in [0.05, 0.1) is 12.5 Å². The largest absolute Gasteiger partial charge is 0.497 e. The Morgan fingerprint density at radius 3 is 2.53 bits per heavy atom. The Kier molecular flexibility index (Phi) is 6.22. The summed E-state index contributed by atoms with van der Waals surface area (Å²) in [7, 11) is 1.58. The van der Waals surface area contributed by atoms with E-state index in [0.29, 0.717) is 44.6 Å². The summed E-state index contributed by atoms with van der Waals surface area (Å²) in [4.78, 5) is 35.1. The number of aromatic nitrogens is 4. The molecule has 10 heteroatoms. The minimum absolute atomic E-state index is 0.0418. The van der Waals surface area contributed by atoms with Crippen LogP contribution in [0.2, 0.25) is 5.02 Å². The first kappa shape index (κ1) is 23.3. The van der Waals surface area contributed by atoms with Gasteiger partial charge in [-0.05, 0) is 67.6 Å². The van der Waals surface area contributed by atoms with Crippen molar-refractivity contribution in [1.29, 1.82) is 0 Å². The highest BCUT2D eigenvalue weighted by Gasteiger charge is 2.19. The molecular weight excluding hydrogens is 482 g/mol. The summed E-state index contributed by atoms with van der Waals surface area (Å²) in [5.74, 6) is 0.752. The van der Waals surface area contributed by atoms with Gasteiger partial charge in [-0.1, -0.05) is 16.8 Å². The van der Waals surface area contributed by atoms with E-state index >= 15 is 0 Å². The molecule has 5 rings (SSSR count). The van der Waals surface area contributed by atoms with Crippen LogP contribution in [0.25, 0.3) is 33.9 Å². The first-order valence-corrected chi connectivity index (χ1v) is 11.3. The number of carbonyl (C=O) groups excluding carboxylic acids is 1. The third-order valence-electron chi connectivity index (χ3n) is 5.51. The van der Waals surface area contributed by atoms with E-state index in [0.717, 1.165) is 0 Å². The molecule has 0 spiro atoms. The monoisotopic (exact) mass is 501 g/mol. The zero-order valence-electron chi connectivity index (χ0n) is 19.4. The average Bonchev–Trinajstić information content (AvgIpc) is 3.37. The van der Waals surface area contributed by atoms with E-state index in [2.05, 4.69) is 20.4 Å². The third-order valence-corrected chi connectivity index (χ3v) is 5.76. The topological polar surface area (TPSA) is 112 Å². The summed E-state index contributed by atoms with van der Waals surface area (Å²) in [5.41, 5.74) is 2.23. The lowest BCUT2D eigenvalue weighted by Crippen LogP contribution is -2.22. The number of fused-ring (bicyclic) bond motifs is 1. The number of amides is 1. The Morgan fingerprint density at radius 2 is 1.81 bits per heavy atom. The summed E-state index contributed by atoms with van der Waals surface area (Å²) in [5, 5.41) is 7.75. The number of hydrogen-bond donors (Lipinski definition) is 1. The molecule has 0 fully saturated rings. The van der Waals surface area contributed by atoms with Gasteiger partial charge in [-0.3, -0.25) is 9.59 Å². The SMILES string of the molecule is COc1ccc(-c2noc(-c3cn(CC(=O)Nc4ccc(Cl)cc4)c4nc(C)ccc4c3=O)n2)cc1. The highest BCUT2D eigenvalue weighted by Crippen LogP contribution is 2.24. The van der Waals surface area contributed by atoms with Crippen LogP contribution in [-0.4, -0.2) is 32.7 Å². The highest BCUT2D eigenvalue weighted by atomic mass is 35.5. The zero-order valence-corrected chi connectivity index (χ0v) is 20.1. The summed E-state index contributed by atoms with van der Waals surface area (Å²) >= 11 is 5.92. The van der Waals surface area contributed by atoms with E-state index in [1.807, 2.05) is 6.92 Å². The molecule has 0 atom stereocenters. The van der Waals surface area contributed by atoms with Gasteiger partial charge in [0.2, 0.25) is 17.2 Å². The van der Waals surface area contributed by atoms with Gasteiger partial charge in [0.15, 0.2) is 0 Å². The van der Waals surface area contributed by atoms with Gasteiger partial charge in [-0.25, -0.2) is 4.98 Å². The lowest BCUT2D eigenvalue weighted by Gasteiger charge is -2.12. The maximum absolute atomic E-state index is 13.3.